The molecule has 0 aliphatic rings. The monoisotopic (exact) mass is 348 g/mol. The van der Waals surface area contributed by atoms with Crippen LogP contribution in [0.2, 0.25) is 0 Å². The largest absolute Gasteiger partial charge is 0.497 e. The number of carbonyl (C=O) groups is 1. The van der Waals surface area contributed by atoms with Gasteiger partial charge in [-0.05, 0) is 29.8 Å². The third-order valence-electron chi connectivity index (χ3n) is 3.86. The number of methoxy groups -OCH3 is 1. The van der Waals surface area contributed by atoms with Crippen LogP contribution in [-0.4, -0.2) is 30.3 Å². The van der Waals surface area contributed by atoms with Crippen LogP contribution in [0.3, 0.4) is 0 Å². The van der Waals surface area contributed by atoms with E-state index in [-0.39, 0.29) is 11.6 Å². The number of hydrogen-bond acceptors (Lipinski definition) is 5. The minimum absolute atomic E-state index is 0.254. The van der Waals surface area contributed by atoms with Crippen molar-refractivity contribution in [2.24, 2.45) is 0 Å². The number of ether oxygens (including phenoxy) is 1. The quantitative estimate of drug-likeness (QED) is 0.740. The molecule has 3 rings (SSSR count). The summed E-state index contributed by atoms with van der Waals surface area (Å²) in [7, 11) is 3.52. The zero-order valence-electron chi connectivity index (χ0n) is 14.7. The molecule has 0 aliphatic heterocycles. The number of nitrogens with zero attached hydrogens (tertiary/aromatic N) is 3. The zero-order valence-corrected chi connectivity index (χ0v) is 14.7. The number of benzene rings is 2. The Bertz CT molecular complexity index is 866. The van der Waals surface area contributed by atoms with Gasteiger partial charge < -0.3 is 15.0 Å². The fourth-order valence-electron chi connectivity index (χ4n) is 2.48. The Labute approximate surface area is 152 Å². The van der Waals surface area contributed by atoms with Crippen LogP contribution in [0.5, 0.6) is 5.75 Å². The molecule has 1 aromatic heterocycles. The fourth-order valence-corrected chi connectivity index (χ4v) is 2.48. The van der Waals surface area contributed by atoms with Gasteiger partial charge >= 0.3 is 0 Å². The summed E-state index contributed by atoms with van der Waals surface area (Å²) in [5, 5.41) is 11.0. The van der Waals surface area contributed by atoms with Gasteiger partial charge in [-0.3, -0.25) is 4.79 Å². The molecular formula is C20H20N4O2. The highest BCUT2D eigenvalue weighted by molar-refractivity contribution is 6.02. The van der Waals surface area contributed by atoms with Gasteiger partial charge in [-0.1, -0.05) is 36.4 Å². The second-order valence-corrected chi connectivity index (χ2v) is 5.80. The Kier molecular flexibility index (Phi) is 5.43. The van der Waals surface area contributed by atoms with Crippen LogP contribution in [0.15, 0.2) is 66.7 Å². The molecule has 6 nitrogen and oxygen atoms in total. The second-order valence-electron chi connectivity index (χ2n) is 5.80. The molecule has 1 N–H and O–H groups in total. The van der Waals surface area contributed by atoms with E-state index in [2.05, 4.69) is 27.6 Å². The molecule has 0 unspecified atom stereocenters. The zero-order chi connectivity index (χ0) is 18.4. The van der Waals surface area contributed by atoms with E-state index in [1.54, 1.807) is 31.4 Å². The van der Waals surface area contributed by atoms with Gasteiger partial charge in [-0.15, -0.1) is 10.2 Å². The molecule has 0 spiro atoms. The molecule has 3 aromatic rings. The van der Waals surface area contributed by atoms with Gasteiger partial charge in [-0.25, -0.2) is 0 Å². The number of hydrogen-bond donors (Lipinski definition) is 1. The summed E-state index contributed by atoms with van der Waals surface area (Å²) in [6.45, 7) is 0.713. The van der Waals surface area contributed by atoms with Crippen LogP contribution in [0.4, 0.5) is 11.5 Å². The Morgan fingerprint density at radius 3 is 2.54 bits per heavy atom. The first kappa shape index (κ1) is 17.4. The van der Waals surface area contributed by atoms with Crippen LogP contribution in [0, 0.1) is 0 Å². The maximum Gasteiger partial charge on any atom is 0.276 e. The van der Waals surface area contributed by atoms with E-state index in [1.807, 2.05) is 42.3 Å². The molecule has 132 valence electrons. The van der Waals surface area contributed by atoms with Gasteiger partial charge in [0.2, 0.25) is 0 Å². The van der Waals surface area contributed by atoms with Crippen molar-refractivity contribution in [3.05, 3.63) is 78.0 Å². The van der Waals surface area contributed by atoms with E-state index in [4.69, 9.17) is 4.74 Å². The summed E-state index contributed by atoms with van der Waals surface area (Å²) >= 11 is 0. The molecule has 26 heavy (non-hydrogen) atoms. The lowest BCUT2D eigenvalue weighted by Gasteiger charge is -2.17. The smallest absolute Gasteiger partial charge is 0.276 e. The molecular weight excluding hydrogens is 328 g/mol. The number of aromatic nitrogens is 2. The van der Waals surface area contributed by atoms with Gasteiger partial charge in [0.1, 0.15) is 5.75 Å². The first-order valence-electron chi connectivity index (χ1n) is 8.20. The number of carbonyl (C=O) groups excluding carboxylic acids is 1. The molecule has 0 bridgehead atoms. The summed E-state index contributed by atoms with van der Waals surface area (Å²) in [5.41, 5.74) is 2.07. The lowest BCUT2D eigenvalue weighted by atomic mass is 10.2. The van der Waals surface area contributed by atoms with E-state index in [0.717, 1.165) is 0 Å². The molecule has 0 aliphatic carbocycles. The van der Waals surface area contributed by atoms with E-state index >= 15 is 0 Å². The average Bonchev–Trinajstić information content (AvgIpc) is 2.69. The van der Waals surface area contributed by atoms with Crippen LogP contribution in [-0.2, 0) is 6.54 Å². The third kappa shape index (κ3) is 4.36. The predicted octanol–water partition coefficient (Wildman–Crippen LogP) is 3.37. The van der Waals surface area contributed by atoms with Crippen molar-refractivity contribution in [3.8, 4) is 5.75 Å². The van der Waals surface area contributed by atoms with Crippen molar-refractivity contribution in [2.45, 2.75) is 6.54 Å². The topological polar surface area (TPSA) is 67.3 Å². The Balaban J connectivity index is 1.65. The molecule has 6 heteroatoms. The number of rotatable bonds is 6. The van der Waals surface area contributed by atoms with Crippen molar-refractivity contribution in [3.63, 3.8) is 0 Å². The normalized spacial score (nSPS) is 10.2. The average molecular weight is 348 g/mol. The maximum absolute atomic E-state index is 12.3. The van der Waals surface area contributed by atoms with Crippen LogP contribution in [0.25, 0.3) is 0 Å². The van der Waals surface area contributed by atoms with Crippen molar-refractivity contribution < 1.29 is 9.53 Å². The van der Waals surface area contributed by atoms with E-state index in [1.165, 1.54) is 5.56 Å². The molecule has 0 saturated carbocycles. The van der Waals surface area contributed by atoms with Crippen molar-refractivity contribution in [1.82, 2.24) is 10.2 Å². The summed E-state index contributed by atoms with van der Waals surface area (Å²) < 4.78 is 5.15. The van der Waals surface area contributed by atoms with Crippen molar-refractivity contribution in [1.29, 1.82) is 0 Å². The van der Waals surface area contributed by atoms with Gasteiger partial charge in [0.25, 0.3) is 5.91 Å². The van der Waals surface area contributed by atoms with Gasteiger partial charge in [-0.2, -0.15) is 0 Å². The minimum atomic E-state index is -0.317. The lowest BCUT2D eigenvalue weighted by Crippen LogP contribution is -2.20. The Morgan fingerprint density at radius 1 is 1.04 bits per heavy atom. The number of nitrogens with one attached hydrogen (secondary N) is 1. The highest BCUT2D eigenvalue weighted by Gasteiger charge is 2.11. The number of amides is 1. The Hall–Kier alpha value is -3.41. The van der Waals surface area contributed by atoms with E-state index < -0.39 is 0 Å². The first-order valence-corrected chi connectivity index (χ1v) is 8.20. The summed E-state index contributed by atoms with van der Waals surface area (Å²) in [6.07, 6.45) is 0. The molecule has 0 radical (unpaired) electrons. The molecule has 0 atom stereocenters. The molecule has 2 aromatic carbocycles. The standard InChI is InChI=1S/C20H20N4O2/c1-24(14-15-7-4-3-5-8-15)19-12-11-18(22-23-19)20(25)21-16-9-6-10-17(13-16)26-2/h3-13H,14H2,1-2H3,(H,21,25). The van der Waals surface area contributed by atoms with E-state index in [9.17, 15) is 4.79 Å². The maximum atomic E-state index is 12.3. The fraction of sp³-hybridized carbons (Fsp3) is 0.150. The highest BCUT2D eigenvalue weighted by Crippen LogP contribution is 2.17. The second kappa shape index (κ2) is 8.11. The van der Waals surface area contributed by atoms with Gasteiger partial charge in [0.15, 0.2) is 11.5 Å². The summed E-state index contributed by atoms with van der Waals surface area (Å²) in [5.74, 6) is 1.06. The minimum Gasteiger partial charge on any atom is -0.497 e. The predicted molar refractivity (Wildman–Crippen MR) is 102 cm³/mol. The molecule has 1 heterocycles. The molecule has 0 saturated heterocycles. The number of anilines is 2. The third-order valence-corrected chi connectivity index (χ3v) is 3.86. The first-order chi connectivity index (χ1) is 12.7. The lowest BCUT2D eigenvalue weighted by molar-refractivity contribution is 0.102. The highest BCUT2D eigenvalue weighted by atomic mass is 16.5. The van der Waals surface area contributed by atoms with Crippen LogP contribution in [0.1, 0.15) is 16.1 Å². The summed E-state index contributed by atoms with van der Waals surface area (Å²) in [4.78, 5) is 14.3. The Morgan fingerprint density at radius 2 is 1.85 bits per heavy atom. The van der Waals surface area contributed by atoms with Crippen LogP contribution >= 0.6 is 0 Å². The van der Waals surface area contributed by atoms with Gasteiger partial charge in [0, 0.05) is 25.3 Å². The van der Waals surface area contributed by atoms with Crippen molar-refractivity contribution in [2.75, 3.05) is 24.4 Å². The summed E-state index contributed by atoms with van der Waals surface area (Å²) in [6, 6.07) is 20.7. The molecule has 0 fully saturated rings. The van der Waals surface area contributed by atoms with E-state index in [0.29, 0.717) is 23.8 Å². The van der Waals surface area contributed by atoms with Crippen molar-refractivity contribution >= 4 is 17.4 Å². The SMILES string of the molecule is COc1cccc(NC(=O)c2ccc(N(C)Cc3ccccc3)nn2)c1. The van der Waals surface area contributed by atoms with Crippen LogP contribution < -0.4 is 15.0 Å². The van der Waals surface area contributed by atoms with Gasteiger partial charge in [0.05, 0.1) is 7.11 Å². The molecule has 1 amide bonds.